The maximum absolute atomic E-state index is 4.74. The summed E-state index contributed by atoms with van der Waals surface area (Å²) in [4.78, 5) is 4.74. The van der Waals surface area contributed by atoms with E-state index in [1.54, 1.807) is 0 Å². The molecule has 6 nitrogen and oxygen atoms in total. The maximum atomic E-state index is 4.74. The Kier molecular flexibility index (Phi) is 6.63. The van der Waals surface area contributed by atoms with Gasteiger partial charge in [0, 0.05) is 19.6 Å². The number of hydrogen-bond acceptors (Lipinski definition) is 3. The van der Waals surface area contributed by atoms with Gasteiger partial charge < -0.3 is 15.2 Å². The van der Waals surface area contributed by atoms with Crippen molar-refractivity contribution in [3.63, 3.8) is 0 Å². The molecule has 1 aliphatic rings. The van der Waals surface area contributed by atoms with Gasteiger partial charge in [-0.25, -0.2) is 4.99 Å². The average Bonchev–Trinajstić information content (AvgIpc) is 2.86. The van der Waals surface area contributed by atoms with Crippen LogP contribution in [0, 0.1) is 12.3 Å². The summed E-state index contributed by atoms with van der Waals surface area (Å²) >= 11 is 0. The SMILES string of the molecule is CCCCNC(=NCc1nnc(C)n1C)NC1CCC(C)(C)CC1. The Labute approximate surface area is 146 Å². The van der Waals surface area contributed by atoms with Crippen LogP contribution in [-0.2, 0) is 13.6 Å². The molecule has 6 heteroatoms. The predicted molar refractivity (Wildman–Crippen MR) is 99.0 cm³/mol. The fourth-order valence-electron chi connectivity index (χ4n) is 3.01. The zero-order valence-electron chi connectivity index (χ0n) is 16.0. The molecular formula is C18H34N6. The number of aromatic nitrogens is 3. The second kappa shape index (κ2) is 8.49. The summed E-state index contributed by atoms with van der Waals surface area (Å²) in [5, 5.41) is 15.4. The molecule has 0 saturated heterocycles. The number of nitrogens with zero attached hydrogens (tertiary/aromatic N) is 4. The van der Waals surface area contributed by atoms with Gasteiger partial charge in [0.15, 0.2) is 11.8 Å². The van der Waals surface area contributed by atoms with Crippen LogP contribution in [0.3, 0.4) is 0 Å². The Morgan fingerprint density at radius 3 is 2.58 bits per heavy atom. The van der Waals surface area contributed by atoms with E-state index in [1.165, 1.54) is 32.1 Å². The van der Waals surface area contributed by atoms with Crippen LogP contribution >= 0.6 is 0 Å². The lowest BCUT2D eigenvalue weighted by Gasteiger charge is -2.35. The molecule has 1 aliphatic carbocycles. The average molecular weight is 335 g/mol. The molecule has 1 fully saturated rings. The van der Waals surface area contributed by atoms with Gasteiger partial charge in [-0.1, -0.05) is 27.2 Å². The molecule has 136 valence electrons. The number of guanidine groups is 1. The molecule has 0 unspecified atom stereocenters. The van der Waals surface area contributed by atoms with Crippen LogP contribution in [0.1, 0.15) is 70.9 Å². The van der Waals surface area contributed by atoms with Crippen LogP contribution < -0.4 is 10.6 Å². The van der Waals surface area contributed by atoms with Crippen molar-refractivity contribution in [1.82, 2.24) is 25.4 Å². The van der Waals surface area contributed by atoms with Crippen LogP contribution in [-0.4, -0.2) is 33.3 Å². The van der Waals surface area contributed by atoms with Gasteiger partial charge in [-0.05, 0) is 44.4 Å². The van der Waals surface area contributed by atoms with E-state index in [9.17, 15) is 0 Å². The zero-order chi connectivity index (χ0) is 17.6. The van der Waals surface area contributed by atoms with Crippen LogP contribution in [0.5, 0.6) is 0 Å². The molecule has 1 aromatic rings. The van der Waals surface area contributed by atoms with Gasteiger partial charge in [0.2, 0.25) is 0 Å². The minimum atomic E-state index is 0.487. The summed E-state index contributed by atoms with van der Waals surface area (Å²) < 4.78 is 2.00. The first-order valence-electron chi connectivity index (χ1n) is 9.31. The van der Waals surface area contributed by atoms with Crippen molar-refractivity contribution in [3.8, 4) is 0 Å². The lowest BCUT2D eigenvalue weighted by Crippen LogP contribution is -2.46. The van der Waals surface area contributed by atoms with E-state index in [0.29, 0.717) is 18.0 Å². The van der Waals surface area contributed by atoms with E-state index < -0.39 is 0 Å². The van der Waals surface area contributed by atoms with Crippen LogP contribution in [0.25, 0.3) is 0 Å². The molecular weight excluding hydrogens is 300 g/mol. The summed E-state index contributed by atoms with van der Waals surface area (Å²) in [6.07, 6.45) is 7.31. The van der Waals surface area contributed by atoms with E-state index in [4.69, 9.17) is 4.99 Å². The maximum Gasteiger partial charge on any atom is 0.191 e. The highest BCUT2D eigenvalue weighted by atomic mass is 15.3. The number of rotatable bonds is 6. The fourth-order valence-corrected chi connectivity index (χ4v) is 3.01. The molecule has 0 atom stereocenters. The van der Waals surface area contributed by atoms with E-state index in [2.05, 4.69) is 41.6 Å². The van der Waals surface area contributed by atoms with Crippen LogP contribution in [0.4, 0.5) is 0 Å². The van der Waals surface area contributed by atoms with Gasteiger partial charge in [0.1, 0.15) is 12.4 Å². The summed E-state index contributed by atoms with van der Waals surface area (Å²) in [5.41, 5.74) is 0.487. The first kappa shape index (κ1) is 18.7. The lowest BCUT2D eigenvalue weighted by molar-refractivity contribution is 0.216. The van der Waals surface area contributed by atoms with Crippen molar-refractivity contribution in [2.75, 3.05) is 6.54 Å². The van der Waals surface area contributed by atoms with E-state index in [1.807, 2.05) is 18.5 Å². The third-order valence-corrected chi connectivity index (χ3v) is 5.06. The van der Waals surface area contributed by atoms with E-state index in [0.717, 1.165) is 30.6 Å². The highest BCUT2D eigenvalue weighted by Gasteiger charge is 2.27. The molecule has 0 radical (unpaired) electrons. The molecule has 1 aromatic heterocycles. The van der Waals surface area contributed by atoms with Gasteiger partial charge >= 0.3 is 0 Å². The molecule has 2 rings (SSSR count). The molecule has 0 aliphatic heterocycles. The van der Waals surface area contributed by atoms with Crippen molar-refractivity contribution >= 4 is 5.96 Å². The van der Waals surface area contributed by atoms with Gasteiger partial charge in [0.05, 0.1) is 0 Å². The highest BCUT2D eigenvalue weighted by molar-refractivity contribution is 5.80. The zero-order valence-corrected chi connectivity index (χ0v) is 16.0. The largest absolute Gasteiger partial charge is 0.356 e. The van der Waals surface area contributed by atoms with Gasteiger partial charge in [0.25, 0.3) is 0 Å². The molecule has 1 heterocycles. The van der Waals surface area contributed by atoms with Crippen LogP contribution in [0.15, 0.2) is 4.99 Å². The predicted octanol–water partition coefficient (Wildman–Crippen LogP) is 2.93. The van der Waals surface area contributed by atoms with Crippen molar-refractivity contribution in [2.24, 2.45) is 17.5 Å². The Morgan fingerprint density at radius 1 is 1.29 bits per heavy atom. The van der Waals surface area contributed by atoms with Crippen LogP contribution in [0.2, 0.25) is 0 Å². The topological polar surface area (TPSA) is 67.1 Å². The van der Waals surface area contributed by atoms with E-state index >= 15 is 0 Å². The molecule has 0 bridgehead atoms. The molecule has 0 aromatic carbocycles. The van der Waals surface area contributed by atoms with Crippen molar-refractivity contribution in [1.29, 1.82) is 0 Å². The van der Waals surface area contributed by atoms with Crippen molar-refractivity contribution < 1.29 is 0 Å². The second-order valence-corrected chi connectivity index (χ2v) is 7.75. The summed E-state index contributed by atoms with van der Waals surface area (Å²) in [6, 6.07) is 0.520. The minimum Gasteiger partial charge on any atom is -0.356 e. The molecule has 1 saturated carbocycles. The van der Waals surface area contributed by atoms with Gasteiger partial charge in [-0.15, -0.1) is 10.2 Å². The van der Waals surface area contributed by atoms with Gasteiger partial charge in [-0.3, -0.25) is 0 Å². The minimum absolute atomic E-state index is 0.487. The highest BCUT2D eigenvalue weighted by Crippen LogP contribution is 2.34. The number of hydrogen-bond donors (Lipinski definition) is 2. The Morgan fingerprint density at radius 2 is 2.00 bits per heavy atom. The summed E-state index contributed by atoms with van der Waals surface area (Å²) in [6.45, 7) is 10.4. The monoisotopic (exact) mass is 334 g/mol. The second-order valence-electron chi connectivity index (χ2n) is 7.75. The normalized spacial score (nSPS) is 18.6. The number of aryl methyl sites for hydroxylation is 1. The lowest BCUT2D eigenvalue weighted by atomic mass is 9.75. The smallest absolute Gasteiger partial charge is 0.191 e. The molecule has 2 N–H and O–H groups in total. The fraction of sp³-hybridized carbons (Fsp3) is 0.833. The van der Waals surface area contributed by atoms with Crippen molar-refractivity contribution in [3.05, 3.63) is 11.6 Å². The molecule has 0 spiro atoms. The molecule has 0 amide bonds. The van der Waals surface area contributed by atoms with Gasteiger partial charge in [-0.2, -0.15) is 0 Å². The van der Waals surface area contributed by atoms with E-state index in [-0.39, 0.29) is 0 Å². The third kappa shape index (κ3) is 5.49. The quantitative estimate of drug-likeness (QED) is 0.477. The summed E-state index contributed by atoms with van der Waals surface area (Å²) in [5.74, 6) is 2.73. The number of unbranched alkanes of at least 4 members (excludes halogenated alkanes) is 1. The third-order valence-electron chi connectivity index (χ3n) is 5.06. The standard InChI is InChI=1S/C18H34N6/c1-6-7-12-19-17(20-13-16-23-22-14(2)24(16)5)21-15-8-10-18(3,4)11-9-15/h15H,6-13H2,1-5H3,(H2,19,20,21). The number of aliphatic imine (C=N–C) groups is 1. The Hall–Kier alpha value is -1.59. The molecule has 24 heavy (non-hydrogen) atoms. The van der Waals surface area contributed by atoms with Crippen molar-refractivity contribution in [2.45, 2.75) is 78.8 Å². The summed E-state index contributed by atoms with van der Waals surface area (Å²) in [7, 11) is 1.99. The Bertz CT molecular complexity index is 536. The first-order chi connectivity index (χ1) is 11.4. The Balaban J connectivity index is 1.96. The number of nitrogens with one attached hydrogen (secondary N) is 2. The first-order valence-corrected chi connectivity index (χ1v) is 9.31.